The van der Waals surface area contributed by atoms with Crippen molar-refractivity contribution in [1.29, 1.82) is 0 Å². The molecule has 0 radical (unpaired) electrons. The van der Waals surface area contributed by atoms with E-state index >= 15 is 0 Å². The fraction of sp³-hybridized carbons (Fsp3) is 0.900. The van der Waals surface area contributed by atoms with Crippen LogP contribution in [0.1, 0.15) is 0 Å². The van der Waals surface area contributed by atoms with Crippen molar-refractivity contribution in [2.75, 3.05) is 52.5 Å². The number of hydrogen-bond acceptors (Lipinski definition) is 5. The number of hydrogen-bond donors (Lipinski definition) is 1. The van der Waals surface area contributed by atoms with Gasteiger partial charge in [0.05, 0.1) is 26.4 Å². The Morgan fingerprint density at radius 3 is 2.80 bits per heavy atom. The molecule has 2 aliphatic heterocycles. The molecule has 86 valence electrons. The Hall–Kier alpha value is -0.490. The highest BCUT2D eigenvalue weighted by Crippen LogP contribution is 2.02. The van der Waals surface area contributed by atoms with E-state index in [9.17, 15) is 4.79 Å². The Morgan fingerprint density at radius 2 is 2.13 bits per heavy atom. The van der Waals surface area contributed by atoms with Gasteiger partial charge in [-0.25, -0.2) is 0 Å². The largest absolute Gasteiger partial charge is 0.379 e. The molecule has 5 nitrogen and oxygen atoms in total. The third-order valence-electron chi connectivity index (χ3n) is 2.77. The van der Waals surface area contributed by atoms with Gasteiger partial charge in [-0.05, 0) is 0 Å². The topological polar surface area (TPSA) is 50.8 Å². The van der Waals surface area contributed by atoms with Crippen LogP contribution >= 0.6 is 0 Å². The lowest BCUT2D eigenvalue weighted by atomic mass is 10.2. The number of ether oxygens (including phenoxy) is 2. The number of nitrogens with zero attached hydrogens (tertiary/aromatic N) is 1. The summed E-state index contributed by atoms with van der Waals surface area (Å²) in [5.41, 5.74) is 0. The summed E-state index contributed by atoms with van der Waals surface area (Å²) in [4.78, 5) is 13.9. The van der Waals surface area contributed by atoms with Crippen LogP contribution in [0.3, 0.4) is 0 Å². The highest BCUT2D eigenvalue weighted by molar-refractivity contribution is 5.85. The SMILES string of the molecule is O=C(CN1CCOCC1)C1CNCCO1. The summed E-state index contributed by atoms with van der Waals surface area (Å²) < 4.78 is 10.6. The van der Waals surface area contributed by atoms with Crippen LogP contribution in [0.5, 0.6) is 0 Å². The van der Waals surface area contributed by atoms with E-state index < -0.39 is 0 Å². The minimum atomic E-state index is -0.249. The first-order valence-corrected chi connectivity index (χ1v) is 5.51. The van der Waals surface area contributed by atoms with Gasteiger partial charge in [0.2, 0.25) is 0 Å². The monoisotopic (exact) mass is 214 g/mol. The van der Waals surface area contributed by atoms with E-state index in [1.165, 1.54) is 0 Å². The molecule has 2 fully saturated rings. The minimum Gasteiger partial charge on any atom is -0.379 e. The van der Waals surface area contributed by atoms with E-state index in [2.05, 4.69) is 10.2 Å². The molecular formula is C10H18N2O3. The van der Waals surface area contributed by atoms with Gasteiger partial charge in [0.1, 0.15) is 6.10 Å². The highest BCUT2D eigenvalue weighted by Gasteiger charge is 2.24. The summed E-state index contributed by atoms with van der Waals surface area (Å²) in [7, 11) is 0. The number of ketones is 1. The Morgan fingerprint density at radius 1 is 1.33 bits per heavy atom. The smallest absolute Gasteiger partial charge is 0.176 e. The number of carbonyl (C=O) groups excluding carboxylic acids is 1. The van der Waals surface area contributed by atoms with E-state index in [0.29, 0.717) is 19.7 Å². The molecule has 2 saturated heterocycles. The average molecular weight is 214 g/mol. The van der Waals surface area contributed by atoms with Gasteiger partial charge >= 0.3 is 0 Å². The van der Waals surface area contributed by atoms with Gasteiger partial charge in [0.25, 0.3) is 0 Å². The Kier molecular flexibility index (Phi) is 4.08. The third kappa shape index (κ3) is 3.24. The zero-order valence-corrected chi connectivity index (χ0v) is 8.91. The second-order valence-electron chi connectivity index (χ2n) is 3.92. The first-order valence-electron chi connectivity index (χ1n) is 5.51. The van der Waals surface area contributed by atoms with Crippen LogP contribution in [0.2, 0.25) is 0 Å². The maximum Gasteiger partial charge on any atom is 0.176 e. The summed E-state index contributed by atoms with van der Waals surface area (Å²) in [5.74, 6) is 0.184. The van der Waals surface area contributed by atoms with Gasteiger partial charge in [0.15, 0.2) is 5.78 Å². The van der Waals surface area contributed by atoms with Gasteiger partial charge in [-0.3, -0.25) is 9.69 Å². The summed E-state index contributed by atoms with van der Waals surface area (Å²) >= 11 is 0. The molecule has 0 spiro atoms. The van der Waals surface area contributed by atoms with Crippen LogP contribution in [-0.2, 0) is 14.3 Å². The molecule has 1 atom stereocenters. The van der Waals surface area contributed by atoms with Gasteiger partial charge < -0.3 is 14.8 Å². The van der Waals surface area contributed by atoms with E-state index in [4.69, 9.17) is 9.47 Å². The third-order valence-corrected chi connectivity index (χ3v) is 2.77. The van der Waals surface area contributed by atoms with Crippen LogP contribution < -0.4 is 5.32 Å². The molecule has 15 heavy (non-hydrogen) atoms. The van der Waals surface area contributed by atoms with Crippen LogP contribution in [-0.4, -0.2) is 69.3 Å². The van der Waals surface area contributed by atoms with Gasteiger partial charge in [-0.15, -0.1) is 0 Å². The zero-order chi connectivity index (χ0) is 10.5. The lowest BCUT2D eigenvalue weighted by Crippen LogP contribution is -2.48. The van der Waals surface area contributed by atoms with Crippen molar-refractivity contribution in [2.45, 2.75) is 6.10 Å². The summed E-state index contributed by atoms with van der Waals surface area (Å²) in [5, 5.41) is 3.16. The number of carbonyl (C=O) groups is 1. The van der Waals surface area contributed by atoms with Crippen LogP contribution in [0.4, 0.5) is 0 Å². The first kappa shape index (κ1) is 11.0. The summed E-state index contributed by atoms with van der Waals surface area (Å²) in [6.07, 6.45) is -0.249. The second kappa shape index (κ2) is 5.55. The maximum absolute atomic E-state index is 11.8. The normalized spacial score (nSPS) is 28.9. The standard InChI is InChI=1S/C10H18N2O3/c13-9(10-7-11-1-4-15-10)8-12-2-5-14-6-3-12/h10-11H,1-8H2. The van der Waals surface area contributed by atoms with Crippen molar-refractivity contribution >= 4 is 5.78 Å². The molecule has 0 bridgehead atoms. The fourth-order valence-electron chi connectivity index (χ4n) is 1.85. The molecular weight excluding hydrogens is 196 g/mol. The van der Waals surface area contributed by atoms with Crippen LogP contribution in [0.15, 0.2) is 0 Å². The summed E-state index contributed by atoms with van der Waals surface area (Å²) in [6.45, 7) is 5.81. The predicted molar refractivity (Wildman–Crippen MR) is 54.9 cm³/mol. The minimum absolute atomic E-state index is 0.184. The van der Waals surface area contributed by atoms with Gasteiger partial charge in [-0.2, -0.15) is 0 Å². The Labute approximate surface area is 89.7 Å². The second-order valence-corrected chi connectivity index (χ2v) is 3.92. The number of nitrogens with one attached hydrogen (secondary N) is 1. The molecule has 0 aromatic rings. The van der Waals surface area contributed by atoms with E-state index in [1.807, 2.05) is 0 Å². The van der Waals surface area contributed by atoms with Crippen molar-refractivity contribution in [2.24, 2.45) is 0 Å². The Bertz CT molecular complexity index is 211. The summed E-state index contributed by atoms with van der Waals surface area (Å²) in [6, 6.07) is 0. The highest BCUT2D eigenvalue weighted by atomic mass is 16.5. The van der Waals surface area contributed by atoms with Crippen molar-refractivity contribution in [3.05, 3.63) is 0 Å². The first-order chi connectivity index (χ1) is 7.36. The molecule has 1 unspecified atom stereocenters. The van der Waals surface area contributed by atoms with E-state index in [-0.39, 0.29) is 11.9 Å². The van der Waals surface area contributed by atoms with Gasteiger partial charge in [0, 0.05) is 26.2 Å². The van der Waals surface area contributed by atoms with Crippen molar-refractivity contribution in [1.82, 2.24) is 10.2 Å². The quantitative estimate of drug-likeness (QED) is 0.644. The lowest BCUT2D eigenvalue weighted by molar-refractivity contribution is -0.134. The van der Waals surface area contributed by atoms with Crippen molar-refractivity contribution in [3.63, 3.8) is 0 Å². The number of Topliss-reactive ketones (excluding diaryl/α,β-unsaturated/α-hetero) is 1. The molecule has 0 aliphatic carbocycles. The van der Waals surface area contributed by atoms with Crippen molar-refractivity contribution in [3.8, 4) is 0 Å². The molecule has 0 saturated carbocycles. The molecule has 0 aromatic carbocycles. The zero-order valence-electron chi connectivity index (χ0n) is 8.91. The molecule has 2 heterocycles. The molecule has 5 heteroatoms. The van der Waals surface area contributed by atoms with E-state index in [0.717, 1.165) is 32.8 Å². The lowest BCUT2D eigenvalue weighted by Gasteiger charge is -2.28. The Balaban J connectivity index is 1.74. The average Bonchev–Trinajstić information content (AvgIpc) is 2.31. The predicted octanol–water partition coefficient (Wildman–Crippen LogP) is -1.12. The maximum atomic E-state index is 11.8. The fourth-order valence-corrected chi connectivity index (χ4v) is 1.85. The molecule has 1 N–H and O–H groups in total. The van der Waals surface area contributed by atoms with E-state index in [1.54, 1.807) is 0 Å². The van der Waals surface area contributed by atoms with Gasteiger partial charge in [-0.1, -0.05) is 0 Å². The number of rotatable bonds is 3. The molecule has 0 amide bonds. The molecule has 2 rings (SSSR count). The van der Waals surface area contributed by atoms with Crippen molar-refractivity contribution < 1.29 is 14.3 Å². The molecule has 0 aromatic heterocycles. The van der Waals surface area contributed by atoms with Crippen LogP contribution in [0.25, 0.3) is 0 Å². The number of morpholine rings is 2. The van der Waals surface area contributed by atoms with Crippen LogP contribution in [0, 0.1) is 0 Å². The molecule has 2 aliphatic rings.